The van der Waals surface area contributed by atoms with Gasteiger partial charge in [0, 0.05) is 12.0 Å². The van der Waals surface area contributed by atoms with Crippen LogP contribution in [0.1, 0.15) is 39.2 Å². The highest BCUT2D eigenvalue weighted by molar-refractivity contribution is 7.84. The lowest BCUT2D eigenvalue weighted by molar-refractivity contribution is -0.143. The van der Waals surface area contributed by atoms with Gasteiger partial charge in [-0.15, -0.1) is 0 Å². The molecule has 0 aliphatic carbocycles. The first-order valence-corrected chi connectivity index (χ1v) is 8.73. The number of alkyl halides is 3. The Hall–Kier alpha value is -1.55. The van der Waals surface area contributed by atoms with Crippen molar-refractivity contribution in [1.82, 2.24) is 4.72 Å². The third-order valence-corrected chi connectivity index (χ3v) is 5.36. The maximum Gasteiger partial charge on any atom is 0.303 e. The van der Waals surface area contributed by atoms with E-state index in [0.717, 1.165) is 12.1 Å². The van der Waals surface area contributed by atoms with Crippen molar-refractivity contribution in [3.05, 3.63) is 35.4 Å². The van der Waals surface area contributed by atoms with Crippen molar-refractivity contribution in [2.24, 2.45) is 0 Å². The lowest BCUT2D eigenvalue weighted by Gasteiger charge is -2.40. The molecule has 0 radical (unpaired) electrons. The van der Waals surface area contributed by atoms with Crippen molar-refractivity contribution in [3.63, 3.8) is 0 Å². The number of benzene rings is 1. The van der Waals surface area contributed by atoms with Crippen LogP contribution in [0.2, 0.25) is 0 Å². The first kappa shape index (κ1) is 22.5. The average molecular weight is 401 g/mol. The monoisotopic (exact) mass is 401 g/mol. The Balaban J connectivity index is 3.60. The second-order valence-electron chi connectivity index (χ2n) is 6.72. The van der Waals surface area contributed by atoms with E-state index < -0.39 is 69.9 Å². The third kappa shape index (κ3) is 4.59. The van der Waals surface area contributed by atoms with E-state index in [0.29, 0.717) is 6.07 Å². The summed E-state index contributed by atoms with van der Waals surface area (Å²) in [5.74, 6) is -8.97. The topological polar surface area (TPSA) is 66.4 Å². The Morgan fingerprint density at radius 1 is 1.23 bits per heavy atom. The fraction of sp³-hybridized carbons (Fsp3) is 0.562. The van der Waals surface area contributed by atoms with Crippen LogP contribution in [0.25, 0.3) is 0 Å². The van der Waals surface area contributed by atoms with Crippen molar-refractivity contribution in [1.29, 1.82) is 0 Å². The summed E-state index contributed by atoms with van der Waals surface area (Å²) in [6.07, 6.45) is -2.41. The molecule has 4 nitrogen and oxygen atoms in total. The summed E-state index contributed by atoms with van der Waals surface area (Å²) in [5, 5.41) is 8.65. The lowest BCUT2D eigenvalue weighted by Crippen LogP contribution is -2.60. The van der Waals surface area contributed by atoms with Gasteiger partial charge in [0.1, 0.15) is 6.67 Å². The largest absolute Gasteiger partial charge is 0.481 e. The van der Waals surface area contributed by atoms with Gasteiger partial charge in [-0.25, -0.2) is 30.9 Å². The maximum absolute atomic E-state index is 14.9. The predicted octanol–water partition coefficient (Wildman–Crippen LogP) is 3.68. The molecule has 0 bridgehead atoms. The Labute approximate surface area is 150 Å². The maximum atomic E-state index is 14.9. The van der Waals surface area contributed by atoms with Gasteiger partial charge >= 0.3 is 5.97 Å². The number of carboxylic acid groups (broad SMARTS) is 1. The number of rotatable bonds is 8. The van der Waals surface area contributed by atoms with Crippen LogP contribution in [-0.4, -0.2) is 32.6 Å². The molecule has 2 N–H and O–H groups in total. The zero-order chi connectivity index (χ0) is 20.3. The second kappa shape index (κ2) is 7.99. The van der Waals surface area contributed by atoms with Crippen LogP contribution in [0.15, 0.2) is 18.2 Å². The van der Waals surface area contributed by atoms with E-state index in [2.05, 4.69) is 0 Å². The minimum atomic E-state index is -4.18. The number of nitrogens with one attached hydrogen (secondary N) is 1. The van der Waals surface area contributed by atoms with Gasteiger partial charge in [0.05, 0.1) is 22.2 Å². The van der Waals surface area contributed by atoms with Gasteiger partial charge in [-0.3, -0.25) is 4.79 Å². The van der Waals surface area contributed by atoms with Crippen LogP contribution in [-0.2, 0) is 21.3 Å². The minimum absolute atomic E-state index is 0.665. The normalized spacial score (nSPS) is 16.2. The molecule has 0 saturated heterocycles. The molecule has 10 heteroatoms. The van der Waals surface area contributed by atoms with E-state index in [1.165, 1.54) is 20.8 Å². The van der Waals surface area contributed by atoms with Crippen LogP contribution < -0.4 is 4.72 Å². The SMILES string of the molecule is CC(C)(C)S(=O)N[C@](CF)(c1cccc(F)c1F)C(F)(F)CCC(=O)O. The van der Waals surface area contributed by atoms with Crippen LogP contribution in [0, 0.1) is 11.6 Å². The Morgan fingerprint density at radius 3 is 2.27 bits per heavy atom. The van der Waals surface area contributed by atoms with E-state index in [-0.39, 0.29) is 0 Å². The van der Waals surface area contributed by atoms with Crippen molar-refractivity contribution < 1.29 is 36.1 Å². The van der Waals surface area contributed by atoms with Gasteiger partial charge in [-0.05, 0) is 26.8 Å². The highest BCUT2D eigenvalue weighted by atomic mass is 32.2. The minimum Gasteiger partial charge on any atom is -0.481 e. The van der Waals surface area contributed by atoms with E-state index in [4.69, 9.17) is 5.11 Å². The van der Waals surface area contributed by atoms with E-state index in [9.17, 15) is 31.0 Å². The summed E-state index contributed by atoms with van der Waals surface area (Å²) in [4.78, 5) is 10.7. The van der Waals surface area contributed by atoms with Crippen molar-refractivity contribution in [2.75, 3.05) is 6.67 Å². The molecule has 0 fully saturated rings. The van der Waals surface area contributed by atoms with Crippen molar-refractivity contribution >= 4 is 17.0 Å². The van der Waals surface area contributed by atoms with Gasteiger partial charge in [0.15, 0.2) is 17.2 Å². The summed E-state index contributed by atoms with van der Waals surface area (Å²) in [6.45, 7) is 2.30. The highest BCUT2D eigenvalue weighted by Crippen LogP contribution is 2.43. The molecule has 0 saturated carbocycles. The number of carboxylic acids is 1. The zero-order valence-electron chi connectivity index (χ0n) is 14.4. The number of hydrogen-bond acceptors (Lipinski definition) is 2. The molecule has 0 heterocycles. The summed E-state index contributed by atoms with van der Waals surface area (Å²) in [5.41, 5.74) is -4.26. The molecule has 1 aromatic carbocycles. The molecule has 1 aromatic rings. The van der Waals surface area contributed by atoms with Gasteiger partial charge in [0.2, 0.25) is 0 Å². The average Bonchev–Trinajstić information content (AvgIpc) is 2.52. The molecule has 0 aromatic heterocycles. The third-order valence-electron chi connectivity index (χ3n) is 3.71. The molecular formula is C16H20F5NO3S. The van der Waals surface area contributed by atoms with Gasteiger partial charge in [0.25, 0.3) is 5.92 Å². The Morgan fingerprint density at radius 2 is 1.81 bits per heavy atom. The summed E-state index contributed by atoms with van der Waals surface area (Å²) < 4.78 is 84.6. The second-order valence-corrected chi connectivity index (χ2v) is 8.69. The molecule has 0 aliphatic heterocycles. The van der Waals surface area contributed by atoms with Crippen LogP contribution in [0.4, 0.5) is 22.0 Å². The molecule has 1 rings (SSSR count). The van der Waals surface area contributed by atoms with Gasteiger partial charge < -0.3 is 5.11 Å². The van der Waals surface area contributed by atoms with Crippen LogP contribution in [0.5, 0.6) is 0 Å². The first-order chi connectivity index (χ1) is 11.8. The Kier molecular flexibility index (Phi) is 6.92. The Bertz CT molecular complexity index is 693. The molecule has 0 spiro atoms. The standard InChI is InChI=1S/C16H20F5NO3S/c1-14(2,3)26(25)22-15(9-17,16(20,21)8-7-12(23)24)10-5-4-6-11(18)13(10)19/h4-6,22H,7-9H2,1-3H3,(H,23,24)/t15-,26?/m1/s1. The first-order valence-electron chi connectivity index (χ1n) is 7.58. The molecule has 1 unspecified atom stereocenters. The van der Waals surface area contributed by atoms with Crippen molar-refractivity contribution in [2.45, 2.75) is 49.8 Å². The quantitative estimate of drug-likeness (QED) is 0.653. The predicted molar refractivity (Wildman–Crippen MR) is 86.9 cm³/mol. The van der Waals surface area contributed by atoms with Gasteiger partial charge in [-0.1, -0.05) is 12.1 Å². The summed E-state index contributed by atoms with van der Waals surface area (Å²) >= 11 is 0. The molecule has 26 heavy (non-hydrogen) atoms. The fourth-order valence-corrected chi connectivity index (χ4v) is 3.08. The van der Waals surface area contributed by atoms with Crippen molar-refractivity contribution in [3.8, 4) is 0 Å². The number of carbonyl (C=O) groups is 1. The number of halogens is 5. The van der Waals surface area contributed by atoms with E-state index in [1.807, 2.05) is 4.72 Å². The van der Waals surface area contributed by atoms with Gasteiger partial charge in [-0.2, -0.15) is 0 Å². The van der Waals surface area contributed by atoms with E-state index in [1.54, 1.807) is 0 Å². The smallest absolute Gasteiger partial charge is 0.303 e. The lowest BCUT2D eigenvalue weighted by atomic mass is 9.83. The van der Waals surface area contributed by atoms with Crippen LogP contribution >= 0.6 is 0 Å². The van der Waals surface area contributed by atoms with E-state index >= 15 is 0 Å². The summed E-state index contributed by atoms with van der Waals surface area (Å²) in [6, 6.07) is 2.32. The number of aliphatic carboxylic acids is 1. The zero-order valence-corrected chi connectivity index (χ0v) is 15.2. The highest BCUT2D eigenvalue weighted by Gasteiger charge is 2.58. The molecule has 2 atom stereocenters. The number of hydrogen-bond donors (Lipinski definition) is 2. The molecule has 0 aliphatic rings. The molecular weight excluding hydrogens is 381 g/mol. The fourth-order valence-electron chi connectivity index (χ4n) is 2.15. The molecule has 148 valence electrons. The molecule has 0 amide bonds. The van der Waals surface area contributed by atoms with Crippen LogP contribution in [0.3, 0.4) is 0 Å². The summed E-state index contributed by atoms with van der Waals surface area (Å²) in [7, 11) is -2.29.